The molecular formula is C50H40F4O2. The number of benzene rings is 6. The summed E-state index contributed by atoms with van der Waals surface area (Å²) < 4.78 is 62.5. The van der Waals surface area contributed by atoms with E-state index in [1.54, 1.807) is 78.9 Å². The number of aryl methyl sites for hydroxylation is 2. The van der Waals surface area contributed by atoms with E-state index in [-0.39, 0.29) is 11.1 Å². The number of halogens is 4. The third-order valence-corrected chi connectivity index (χ3v) is 10.6. The third-order valence-electron chi connectivity index (χ3n) is 10.6. The van der Waals surface area contributed by atoms with Gasteiger partial charge in [0.05, 0.1) is 11.8 Å². The fourth-order valence-electron chi connectivity index (χ4n) is 7.82. The lowest BCUT2D eigenvalue weighted by Crippen LogP contribution is -2.38. The number of carbonyl (C=O) groups is 2. The van der Waals surface area contributed by atoms with Crippen molar-refractivity contribution in [3.63, 3.8) is 0 Å². The summed E-state index contributed by atoms with van der Waals surface area (Å²) >= 11 is 0. The molecule has 0 saturated carbocycles. The summed E-state index contributed by atoms with van der Waals surface area (Å²) in [6.07, 6.45) is 6.06. The van der Waals surface area contributed by atoms with Crippen LogP contribution in [0, 0.1) is 0 Å². The van der Waals surface area contributed by atoms with Gasteiger partial charge in [-0.1, -0.05) is 193 Å². The second-order valence-electron chi connectivity index (χ2n) is 14.2. The normalized spacial score (nSPS) is 16.3. The van der Waals surface area contributed by atoms with Crippen LogP contribution in [-0.2, 0) is 12.8 Å². The molecule has 0 spiro atoms. The Bertz CT molecular complexity index is 2350. The summed E-state index contributed by atoms with van der Waals surface area (Å²) in [5.41, 5.74) is 6.12. The zero-order valence-corrected chi connectivity index (χ0v) is 30.6. The van der Waals surface area contributed by atoms with E-state index in [4.69, 9.17) is 0 Å². The van der Waals surface area contributed by atoms with Gasteiger partial charge in [-0.25, -0.2) is 0 Å². The predicted octanol–water partition coefficient (Wildman–Crippen LogP) is 12.6. The Morgan fingerprint density at radius 1 is 0.536 bits per heavy atom. The summed E-state index contributed by atoms with van der Waals surface area (Å²) in [5, 5.41) is 0. The molecule has 2 atom stereocenters. The molecule has 6 aromatic carbocycles. The molecule has 280 valence electrons. The fraction of sp³-hybridized carbons (Fsp3) is 0.160. The van der Waals surface area contributed by atoms with Crippen LogP contribution in [0.25, 0.3) is 12.2 Å². The number of hydrogen-bond acceptors (Lipinski definition) is 2. The summed E-state index contributed by atoms with van der Waals surface area (Å²) in [6.45, 7) is 0. The van der Waals surface area contributed by atoms with Gasteiger partial charge < -0.3 is 0 Å². The van der Waals surface area contributed by atoms with Crippen molar-refractivity contribution in [2.75, 3.05) is 0 Å². The Morgan fingerprint density at radius 3 is 1.68 bits per heavy atom. The highest BCUT2D eigenvalue weighted by molar-refractivity contribution is 6.03. The van der Waals surface area contributed by atoms with Crippen LogP contribution in [0.5, 0.6) is 0 Å². The average Bonchev–Trinajstić information content (AvgIpc) is 3.24. The summed E-state index contributed by atoms with van der Waals surface area (Å²) in [6, 6.07) is 48.8. The van der Waals surface area contributed by atoms with Crippen LogP contribution in [0.15, 0.2) is 181 Å². The SMILES string of the molecule is O=C(c1ccccc1)C(F)(F)C(C1=Cc2ccccc2CC1)c1ccccc1.O=C(c1ccccc1)C(F)(F)C1/C(=C/c2ccccc2)CCc2ccccc21. The van der Waals surface area contributed by atoms with Gasteiger partial charge >= 0.3 is 11.8 Å². The molecule has 0 aromatic heterocycles. The quantitative estimate of drug-likeness (QED) is 0.109. The summed E-state index contributed by atoms with van der Waals surface area (Å²) in [5.74, 6) is -11.9. The molecule has 2 aliphatic rings. The van der Waals surface area contributed by atoms with E-state index >= 15 is 17.6 Å². The molecule has 2 unspecified atom stereocenters. The molecule has 0 N–H and O–H groups in total. The molecule has 8 rings (SSSR count). The molecular weight excluding hydrogens is 709 g/mol. The predicted molar refractivity (Wildman–Crippen MR) is 215 cm³/mol. The minimum atomic E-state index is -3.54. The summed E-state index contributed by atoms with van der Waals surface area (Å²) in [7, 11) is 0. The lowest BCUT2D eigenvalue weighted by Gasteiger charge is -2.34. The Hall–Kier alpha value is -6.14. The van der Waals surface area contributed by atoms with E-state index in [0.717, 1.165) is 22.3 Å². The van der Waals surface area contributed by atoms with Gasteiger partial charge in [0.1, 0.15) is 0 Å². The number of ketones is 2. The Kier molecular flexibility index (Phi) is 11.4. The largest absolute Gasteiger partial charge is 0.320 e. The molecule has 56 heavy (non-hydrogen) atoms. The van der Waals surface area contributed by atoms with E-state index in [0.29, 0.717) is 48.0 Å². The van der Waals surface area contributed by atoms with Crippen molar-refractivity contribution >= 4 is 23.7 Å². The van der Waals surface area contributed by atoms with Crippen molar-refractivity contribution in [1.29, 1.82) is 0 Å². The van der Waals surface area contributed by atoms with Crippen molar-refractivity contribution in [2.24, 2.45) is 0 Å². The molecule has 6 heteroatoms. The lowest BCUT2D eigenvalue weighted by atomic mass is 9.73. The van der Waals surface area contributed by atoms with Crippen LogP contribution in [0.1, 0.15) is 78.8 Å². The highest BCUT2D eigenvalue weighted by Gasteiger charge is 2.51. The smallest absolute Gasteiger partial charge is 0.287 e. The Balaban J connectivity index is 0.000000172. The topological polar surface area (TPSA) is 34.1 Å². The number of carbonyl (C=O) groups excluding carboxylic acids is 2. The minimum absolute atomic E-state index is 0.0326. The Morgan fingerprint density at radius 2 is 1.04 bits per heavy atom. The van der Waals surface area contributed by atoms with Gasteiger partial charge in [-0.15, -0.1) is 0 Å². The minimum Gasteiger partial charge on any atom is -0.287 e. The molecule has 0 fully saturated rings. The van der Waals surface area contributed by atoms with Crippen LogP contribution >= 0.6 is 0 Å². The highest BCUT2D eigenvalue weighted by atomic mass is 19.3. The van der Waals surface area contributed by atoms with Crippen LogP contribution in [0.2, 0.25) is 0 Å². The Labute approximate surface area is 324 Å². The molecule has 0 saturated heterocycles. The second-order valence-corrected chi connectivity index (χ2v) is 14.2. The van der Waals surface area contributed by atoms with E-state index in [2.05, 4.69) is 0 Å². The zero-order valence-electron chi connectivity index (χ0n) is 30.6. The van der Waals surface area contributed by atoms with Crippen LogP contribution in [0.4, 0.5) is 17.6 Å². The van der Waals surface area contributed by atoms with Gasteiger partial charge in [-0.3, -0.25) is 9.59 Å². The molecule has 0 amide bonds. The van der Waals surface area contributed by atoms with Gasteiger partial charge in [0.15, 0.2) is 0 Å². The van der Waals surface area contributed by atoms with Crippen LogP contribution < -0.4 is 0 Å². The van der Waals surface area contributed by atoms with E-state index < -0.39 is 35.2 Å². The first-order valence-electron chi connectivity index (χ1n) is 18.8. The van der Waals surface area contributed by atoms with E-state index in [9.17, 15) is 9.59 Å². The maximum atomic E-state index is 15.6. The van der Waals surface area contributed by atoms with E-state index in [1.165, 1.54) is 24.3 Å². The maximum absolute atomic E-state index is 15.6. The van der Waals surface area contributed by atoms with Crippen molar-refractivity contribution in [2.45, 2.75) is 49.4 Å². The lowest BCUT2D eigenvalue weighted by molar-refractivity contribution is -0.00229. The molecule has 0 heterocycles. The average molecular weight is 749 g/mol. The third kappa shape index (κ3) is 8.11. The zero-order chi connectivity index (χ0) is 39.1. The number of fused-ring (bicyclic) bond motifs is 2. The van der Waals surface area contributed by atoms with Crippen molar-refractivity contribution in [3.8, 4) is 0 Å². The first-order valence-corrected chi connectivity index (χ1v) is 18.8. The number of hydrogen-bond donors (Lipinski definition) is 0. The van der Waals surface area contributed by atoms with Crippen LogP contribution in [0.3, 0.4) is 0 Å². The van der Waals surface area contributed by atoms with Crippen molar-refractivity contribution < 1.29 is 27.2 Å². The second kappa shape index (κ2) is 16.7. The highest BCUT2D eigenvalue weighted by Crippen LogP contribution is 2.48. The first kappa shape index (κ1) is 38.1. The number of allylic oxidation sites excluding steroid dienone is 2. The van der Waals surface area contributed by atoms with Crippen molar-refractivity contribution in [1.82, 2.24) is 0 Å². The van der Waals surface area contributed by atoms with Gasteiger partial charge in [0, 0.05) is 11.1 Å². The molecule has 0 radical (unpaired) electrons. The molecule has 0 bridgehead atoms. The number of rotatable bonds is 9. The van der Waals surface area contributed by atoms with Gasteiger partial charge in [-0.05, 0) is 59.1 Å². The first-order chi connectivity index (χ1) is 27.1. The van der Waals surface area contributed by atoms with Crippen LogP contribution in [-0.4, -0.2) is 23.4 Å². The molecule has 2 nitrogen and oxygen atoms in total. The van der Waals surface area contributed by atoms with Gasteiger partial charge in [0.25, 0.3) is 0 Å². The molecule has 6 aromatic rings. The fourth-order valence-corrected chi connectivity index (χ4v) is 7.82. The monoisotopic (exact) mass is 748 g/mol. The standard InChI is InChI=1S/2C25H20F2O/c26-25(27,24(28)20-12-5-2-6-13-20)23(19-10-3-1-4-11-19)22-16-15-18-9-7-8-14-21(18)17-22;26-25(27,24(28)20-12-5-2-6-13-20)23-21(17-18-9-3-1-4-10-18)16-15-19-11-7-8-14-22(19)23/h2*1-14,17,23H,15-16H2/b;21-17+. The van der Waals surface area contributed by atoms with Gasteiger partial charge in [0.2, 0.25) is 11.6 Å². The van der Waals surface area contributed by atoms with Gasteiger partial charge in [-0.2, -0.15) is 17.6 Å². The number of alkyl halides is 4. The molecule has 0 aliphatic heterocycles. The van der Waals surface area contributed by atoms with Crippen molar-refractivity contribution in [3.05, 3.63) is 226 Å². The van der Waals surface area contributed by atoms with E-state index in [1.807, 2.05) is 78.9 Å². The summed E-state index contributed by atoms with van der Waals surface area (Å²) in [4.78, 5) is 25.6. The maximum Gasteiger partial charge on any atom is 0.320 e. The molecule has 2 aliphatic carbocycles. The number of Topliss-reactive ketones (excluding diaryl/α,β-unsaturated/α-hetero) is 2.